The van der Waals surface area contributed by atoms with Gasteiger partial charge in [-0.05, 0) is 12.8 Å². The third-order valence-electron chi connectivity index (χ3n) is 3.88. The van der Waals surface area contributed by atoms with Crippen molar-refractivity contribution in [2.75, 3.05) is 0 Å². The number of aromatic nitrogens is 2. The Hall–Kier alpha value is -3.48. The maximum atomic E-state index is 12.5. The zero-order valence-corrected chi connectivity index (χ0v) is 15.3. The summed E-state index contributed by atoms with van der Waals surface area (Å²) in [6.45, 7) is 0. The van der Waals surface area contributed by atoms with Gasteiger partial charge in [-0.2, -0.15) is 0 Å². The van der Waals surface area contributed by atoms with Gasteiger partial charge in [0.25, 0.3) is 0 Å². The second kappa shape index (κ2) is 11.4. The van der Waals surface area contributed by atoms with Crippen molar-refractivity contribution in [3.05, 3.63) is 18.2 Å². The Balaban J connectivity index is 2.85. The zero-order chi connectivity index (χ0) is 22.0. The number of hydrogen-bond acceptors (Lipinski definition) is 7. The van der Waals surface area contributed by atoms with Crippen LogP contribution in [0.2, 0.25) is 0 Å². The lowest BCUT2D eigenvalue weighted by molar-refractivity contribution is -0.143. The van der Waals surface area contributed by atoms with Gasteiger partial charge in [0, 0.05) is 31.2 Å². The smallest absolute Gasteiger partial charge is 0.326 e. The van der Waals surface area contributed by atoms with Crippen LogP contribution in [0.1, 0.15) is 31.4 Å². The van der Waals surface area contributed by atoms with Crippen molar-refractivity contribution < 1.29 is 39.3 Å². The fourth-order valence-corrected chi connectivity index (χ4v) is 2.31. The molecule has 0 aliphatic carbocycles. The number of carbonyl (C=O) groups is 5. The van der Waals surface area contributed by atoms with Crippen LogP contribution in [0.15, 0.2) is 12.5 Å². The van der Waals surface area contributed by atoms with E-state index in [9.17, 15) is 29.1 Å². The van der Waals surface area contributed by atoms with E-state index in [0.29, 0.717) is 5.69 Å². The first-order valence-electron chi connectivity index (χ1n) is 8.60. The predicted octanol–water partition coefficient (Wildman–Crippen LogP) is -1.94. The maximum Gasteiger partial charge on any atom is 0.326 e. The lowest BCUT2D eigenvalue weighted by atomic mass is 10.1. The van der Waals surface area contributed by atoms with E-state index in [0.717, 1.165) is 0 Å². The van der Waals surface area contributed by atoms with Crippen LogP contribution in [-0.2, 0) is 30.4 Å². The molecule has 0 bridgehead atoms. The van der Waals surface area contributed by atoms with Crippen LogP contribution >= 0.6 is 0 Å². The molecule has 0 saturated heterocycles. The minimum atomic E-state index is -1.47. The molecule has 0 radical (unpaired) electrons. The number of carboxylic acids is 3. The SMILES string of the molecule is NC(CCC(=O)O)C(=O)NC(Cc1cnc[nH]1)C(=O)NC(CCC(=O)O)C(=O)O. The summed E-state index contributed by atoms with van der Waals surface area (Å²) in [5.74, 6) is -5.44. The number of nitrogens with one attached hydrogen (secondary N) is 3. The summed E-state index contributed by atoms with van der Waals surface area (Å²) < 4.78 is 0. The van der Waals surface area contributed by atoms with Crippen molar-refractivity contribution in [1.82, 2.24) is 20.6 Å². The minimum Gasteiger partial charge on any atom is -0.481 e. The number of aliphatic carboxylic acids is 3. The fourth-order valence-electron chi connectivity index (χ4n) is 2.31. The van der Waals surface area contributed by atoms with E-state index in [4.69, 9.17) is 15.9 Å². The van der Waals surface area contributed by atoms with Crippen LogP contribution in [0.25, 0.3) is 0 Å². The van der Waals surface area contributed by atoms with Crippen molar-refractivity contribution in [2.24, 2.45) is 5.73 Å². The highest BCUT2D eigenvalue weighted by Crippen LogP contribution is 2.04. The van der Waals surface area contributed by atoms with Crippen molar-refractivity contribution in [3.8, 4) is 0 Å². The van der Waals surface area contributed by atoms with Gasteiger partial charge in [0.1, 0.15) is 12.1 Å². The number of hydrogen-bond donors (Lipinski definition) is 7. The van der Waals surface area contributed by atoms with E-state index in [1.165, 1.54) is 12.5 Å². The third kappa shape index (κ3) is 8.83. The molecule has 3 atom stereocenters. The number of nitrogens with two attached hydrogens (primary N) is 1. The Morgan fingerprint density at radius 3 is 2.07 bits per heavy atom. The van der Waals surface area contributed by atoms with Gasteiger partial charge >= 0.3 is 17.9 Å². The number of imidazole rings is 1. The molecule has 1 rings (SSSR count). The summed E-state index contributed by atoms with van der Waals surface area (Å²) in [6, 6.07) is -3.91. The molecule has 0 aromatic carbocycles. The van der Waals surface area contributed by atoms with Crippen LogP contribution in [0, 0.1) is 0 Å². The summed E-state index contributed by atoms with van der Waals surface area (Å²) in [5, 5.41) is 31.1. The average Bonchev–Trinajstić information content (AvgIpc) is 3.14. The van der Waals surface area contributed by atoms with E-state index < -0.39 is 54.3 Å². The van der Waals surface area contributed by atoms with Gasteiger partial charge in [0.15, 0.2) is 0 Å². The molecule has 8 N–H and O–H groups in total. The summed E-state index contributed by atoms with van der Waals surface area (Å²) in [6.07, 6.45) is 1.34. The molecule has 2 amide bonds. The van der Waals surface area contributed by atoms with Crippen molar-refractivity contribution in [3.63, 3.8) is 0 Å². The molecular weight excluding hydrogens is 390 g/mol. The number of rotatable bonds is 13. The molecule has 0 aliphatic heterocycles. The number of carbonyl (C=O) groups excluding carboxylic acids is 2. The molecule has 0 fully saturated rings. The first-order valence-corrected chi connectivity index (χ1v) is 8.60. The summed E-state index contributed by atoms with van der Waals surface area (Å²) in [4.78, 5) is 63.8. The second-order valence-corrected chi connectivity index (χ2v) is 6.21. The van der Waals surface area contributed by atoms with Gasteiger partial charge in [-0.3, -0.25) is 19.2 Å². The number of aromatic amines is 1. The van der Waals surface area contributed by atoms with Crippen LogP contribution in [0.3, 0.4) is 0 Å². The lowest BCUT2D eigenvalue weighted by Gasteiger charge is -2.22. The van der Waals surface area contributed by atoms with Crippen molar-refractivity contribution >= 4 is 29.7 Å². The first-order chi connectivity index (χ1) is 13.6. The molecule has 13 nitrogen and oxygen atoms in total. The Kier molecular flexibility index (Phi) is 9.25. The van der Waals surface area contributed by atoms with Crippen LogP contribution < -0.4 is 16.4 Å². The monoisotopic (exact) mass is 413 g/mol. The molecule has 1 aromatic heterocycles. The summed E-state index contributed by atoms with van der Waals surface area (Å²) >= 11 is 0. The highest BCUT2D eigenvalue weighted by Gasteiger charge is 2.29. The van der Waals surface area contributed by atoms with Gasteiger partial charge in [0.05, 0.1) is 12.4 Å². The van der Waals surface area contributed by atoms with E-state index >= 15 is 0 Å². The molecule has 1 heterocycles. The van der Waals surface area contributed by atoms with Gasteiger partial charge in [-0.15, -0.1) is 0 Å². The van der Waals surface area contributed by atoms with Gasteiger partial charge in [-0.25, -0.2) is 9.78 Å². The molecule has 29 heavy (non-hydrogen) atoms. The van der Waals surface area contributed by atoms with E-state index in [1.54, 1.807) is 0 Å². The van der Waals surface area contributed by atoms with E-state index in [-0.39, 0.29) is 25.7 Å². The van der Waals surface area contributed by atoms with Gasteiger partial charge < -0.3 is 36.7 Å². The highest BCUT2D eigenvalue weighted by atomic mass is 16.4. The van der Waals surface area contributed by atoms with Crippen molar-refractivity contribution in [2.45, 2.75) is 50.2 Å². The Morgan fingerprint density at radius 2 is 1.55 bits per heavy atom. The van der Waals surface area contributed by atoms with Gasteiger partial charge in [-0.1, -0.05) is 0 Å². The Labute approximate surface area is 164 Å². The standard InChI is InChI=1S/C16H23N5O8/c17-9(1-3-12(22)23)14(26)21-11(5-8-6-18-7-19-8)15(27)20-10(16(28)29)2-4-13(24)25/h6-7,9-11H,1-5,17H2,(H,18,19)(H,20,27)(H,21,26)(H,22,23)(H,24,25)(H,28,29). The highest BCUT2D eigenvalue weighted by molar-refractivity contribution is 5.92. The molecule has 0 saturated carbocycles. The first kappa shape index (κ1) is 23.6. The fraction of sp³-hybridized carbons (Fsp3) is 0.500. The van der Waals surface area contributed by atoms with Crippen LogP contribution in [-0.4, -0.2) is 73.1 Å². The predicted molar refractivity (Wildman–Crippen MR) is 95.5 cm³/mol. The van der Waals surface area contributed by atoms with E-state index in [1.807, 2.05) is 0 Å². The van der Waals surface area contributed by atoms with Gasteiger partial charge in [0.2, 0.25) is 11.8 Å². The number of carboxylic acid groups (broad SMARTS) is 3. The van der Waals surface area contributed by atoms with Crippen LogP contribution in [0.5, 0.6) is 0 Å². The number of H-pyrrole nitrogens is 1. The third-order valence-corrected chi connectivity index (χ3v) is 3.88. The molecule has 0 spiro atoms. The quantitative estimate of drug-likeness (QED) is 0.189. The largest absolute Gasteiger partial charge is 0.481 e. The molecule has 0 aliphatic rings. The molecule has 13 heteroatoms. The number of nitrogens with zero attached hydrogens (tertiary/aromatic N) is 1. The van der Waals surface area contributed by atoms with E-state index in [2.05, 4.69) is 20.6 Å². The summed E-state index contributed by atoms with van der Waals surface area (Å²) in [5.41, 5.74) is 6.09. The maximum absolute atomic E-state index is 12.5. The Morgan fingerprint density at radius 1 is 0.966 bits per heavy atom. The molecular formula is C16H23N5O8. The topological polar surface area (TPSA) is 225 Å². The Bertz CT molecular complexity index is 736. The zero-order valence-electron chi connectivity index (χ0n) is 15.3. The van der Waals surface area contributed by atoms with Crippen molar-refractivity contribution in [1.29, 1.82) is 0 Å². The summed E-state index contributed by atoms with van der Waals surface area (Å²) in [7, 11) is 0. The number of amides is 2. The molecule has 160 valence electrons. The molecule has 1 aromatic rings. The molecule has 3 unspecified atom stereocenters. The second-order valence-electron chi connectivity index (χ2n) is 6.21. The average molecular weight is 413 g/mol. The van der Waals surface area contributed by atoms with Crippen LogP contribution in [0.4, 0.5) is 0 Å². The normalized spacial score (nSPS) is 13.7. The lowest BCUT2D eigenvalue weighted by Crippen LogP contribution is -2.55. The minimum absolute atomic E-state index is 0.0749.